The van der Waals surface area contributed by atoms with Crippen LogP contribution in [0.25, 0.3) is 6.08 Å². The van der Waals surface area contributed by atoms with E-state index >= 15 is 0 Å². The molecule has 0 aliphatic carbocycles. The van der Waals surface area contributed by atoms with Crippen molar-refractivity contribution in [3.63, 3.8) is 0 Å². The summed E-state index contributed by atoms with van der Waals surface area (Å²) < 4.78 is 13.5. The van der Waals surface area contributed by atoms with Crippen molar-refractivity contribution in [1.82, 2.24) is 15.0 Å². The van der Waals surface area contributed by atoms with Crippen LogP contribution in [-0.2, 0) is 10.5 Å². The van der Waals surface area contributed by atoms with Gasteiger partial charge >= 0.3 is 0 Å². The molecule has 1 aliphatic rings. The van der Waals surface area contributed by atoms with Gasteiger partial charge in [0.15, 0.2) is 5.17 Å². The number of hydrogen-bond donors (Lipinski definition) is 2. The van der Waals surface area contributed by atoms with Gasteiger partial charge in [0.05, 0.1) is 11.4 Å². The van der Waals surface area contributed by atoms with E-state index < -0.39 is 5.82 Å². The summed E-state index contributed by atoms with van der Waals surface area (Å²) in [4.78, 5) is 32.1. The van der Waals surface area contributed by atoms with Gasteiger partial charge in [-0.05, 0) is 48.0 Å². The third-order valence-electron chi connectivity index (χ3n) is 5.08. The van der Waals surface area contributed by atoms with Crippen LogP contribution in [0, 0.1) is 5.82 Å². The quantitative estimate of drug-likeness (QED) is 0.360. The first-order valence-electron chi connectivity index (χ1n) is 11.0. The number of anilines is 4. The Morgan fingerprint density at radius 3 is 2.33 bits per heavy atom. The Kier molecular flexibility index (Phi) is 6.67. The van der Waals surface area contributed by atoms with Crippen LogP contribution < -0.4 is 16.0 Å². The summed E-state index contributed by atoms with van der Waals surface area (Å²) in [6, 6.07) is 24.6. The summed E-state index contributed by atoms with van der Waals surface area (Å²) >= 11 is 1.27. The van der Waals surface area contributed by atoms with Gasteiger partial charge in [-0.3, -0.25) is 9.69 Å². The Labute approximate surface area is 210 Å². The summed E-state index contributed by atoms with van der Waals surface area (Å²) in [7, 11) is 0. The maximum absolute atomic E-state index is 13.5. The number of nitrogens with two attached hydrogens (primary N) is 1. The minimum Gasteiger partial charge on any atom is -0.368 e. The predicted octanol–water partition coefficient (Wildman–Crippen LogP) is 5.01. The molecule has 5 rings (SSSR count). The molecule has 3 aromatic carbocycles. The van der Waals surface area contributed by atoms with Gasteiger partial charge in [0.2, 0.25) is 11.9 Å². The number of carbonyl (C=O) groups is 1. The fourth-order valence-electron chi connectivity index (χ4n) is 3.46. The van der Waals surface area contributed by atoms with Crippen LogP contribution in [-0.4, -0.2) is 26.0 Å². The SMILES string of the molecule is Nc1nc(CSC2=N/C(=C\c3ccccc3)C(=O)N2c2ccc(F)cc2)nc(Nc2ccccc2)n1. The first kappa shape index (κ1) is 23.2. The van der Waals surface area contributed by atoms with E-state index in [0.29, 0.717) is 22.6 Å². The zero-order valence-corrected chi connectivity index (χ0v) is 19.7. The number of hydrogen-bond acceptors (Lipinski definition) is 8. The average Bonchev–Trinajstić information content (AvgIpc) is 3.19. The highest BCUT2D eigenvalue weighted by molar-refractivity contribution is 8.13. The third kappa shape index (κ3) is 5.39. The van der Waals surface area contributed by atoms with Gasteiger partial charge in [-0.2, -0.15) is 15.0 Å². The molecule has 0 atom stereocenters. The van der Waals surface area contributed by atoms with Crippen LogP contribution in [0.1, 0.15) is 11.4 Å². The largest absolute Gasteiger partial charge is 0.368 e. The Hall–Kier alpha value is -4.57. The molecule has 3 N–H and O–H groups in total. The van der Waals surface area contributed by atoms with Gasteiger partial charge in [0.25, 0.3) is 5.91 Å². The molecule has 0 fully saturated rings. The van der Waals surface area contributed by atoms with Gasteiger partial charge in [-0.1, -0.05) is 60.3 Å². The molecule has 0 radical (unpaired) electrons. The van der Waals surface area contributed by atoms with E-state index in [0.717, 1.165) is 11.3 Å². The molecule has 0 saturated heterocycles. The number of para-hydroxylation sites is 1. The number of amides is 1. The Morgan fingerprint density at radius 2 is 1.61 bits per heavy atom. The Balaban J connectivity index is 1.41. The van der Waals surface area contributed by atoms with E-state index in [1.807, 2.05) is 60.7 Å². The number of nitrogens with one attached hydrogen (secondary N) is 1. The van der Waals surface area contributed by atoms with Crippen LogP contribution in [0.3, 0.4) is 0 Å². The molecule has 1 amide bonds. The topological polar surface area (TPSA) is 109 Å². The maximum atomic E-state index is 13.5. The molecule has 0 unspecified atom stereocenters. The first-order valence-corrected chi connectivity index (χ1v) is 11.9. The van der Waals surface area contributed by atoms with E-state index in [2.05, 4.69) is 25.3 Å². The maximum Gasteiger partial charge on any atom is 0.283 e. The zero-order valence-electron chi connectivity index (χ0n) is 18.9. The van der Waals surface area contributed by atoms with Crippen LogP contribution in [0.15, 0.2) is 95.6 Å². The van der Waals surface area contributed by atoms with E-state index in [9.17, 15) is 9.18 Å². The number of carbonyl (C=O) groups excluding carboxylic acids is 1. The lowest BCUT2D eigenvalue weighted by molar-refractivity contribution is -0.113. The fourth-order valence-corrected chi connectivity index (χ4v) is 4.32. The monoisotopic (exact) mass is 497 g/mol. The van der Waals surface area contributed by atoms with Gasteiger partial charge in [0.1, 0.15) is 17.3 Å². The lowest BCUT2D eigenvalue weighted by atomic mass is 10.2. The molecular weight excluding hydrogens is 477 g/mol. The lowest BCUT2D eigenvalue weighted by Crippen LogP contribution is -2.30. The van der Waals surface area contributed by atoms with Gasteiger partial charge in [-0.25, -0.2) is 9.38 Å². The molecule has 4 aromatic rings. The molecule has 0 spiro atoms. The van der Waals surface area contributed by atoms with Crippen molar-refractivity contribution in [2.45, 2.75) is 5.75 Å². The minimum atomic E-state index is -0.393. The molecule has 178 valence electrons. The number of nitrogen functional groups attached to an aromatic ring is 1. The van der Waals surface area contributed by atoms with Crippen LogP contribution in [0.5, 0.6) is 0 Å². The van der Waals surface area contributed by atoms with Crippen molar-refractivity contribution in [2.24, 2.45) is 4.99 Å². The number of rotatable bonds is 6. The molecule has 1 aliphatic heterocycles. The molecule has 0 bridgehead atoms. The molecular formula is C26H20FN7OS. The number of halogens is 1. The van der Waals surface area contributed by atoms with Crippen LogP contribution >= 0.6 is 11.8 Å². The number of aromatic nitrogens is 3. The smallest absolute Gasteiger partial charge is 0.283 e. The van der Waals surface area contributed by atoms with Crippen LogP contribution in [0.2, 0.25) is 0 Å². The highest BCUT2D eigenvalue weighted by atomic mass is 32.2. The van der Waals surface area contributed by atoms with Gasteiger partial charge < -0.3 is 11.1 Å². The number of amidine groups is 1. The number of nitrogens with zero attached hydrogens (tertiary/aromatic N) is 5. The predicted molar refractivity (Wildman–Crippen MR) is 141 cm³/mol. The standard InChI is InChI=1S/C26H20FN7OS/c27-18-11-13-20(14-12-18)34-23(35)21(15-17-7-3-1-4-8-17)30-26(34)36-16-22-31-24(28)33-25(32-22)29-19-9-5-2-6-10-19/h1-15H,16H2,(H3,28,29,31,32,33)/b21-15-. The molecule has 2 heterocycles. The van der Waals surface area contributed by atoms with Crippen molar-refractivity contribution in [2.75, 3.05) is 16.0 Å². The van der Waals surface area contributed by atoms with Crippen molar-refractivity contribution < 1.29 is 9.18 Å². The lowest BCUT2D eigenvalue weighted by Gasteiger charge is -2.17. The summed E-state index contributed by atoms with van der Waals surface area (Å²) in [6.45, 7) is 0. The molecule has 10 heteroatoms. The summed E-state index contributed by atoms with van der Waals surface area (Å²) in [6.07, 6.45) is 1.72. The summed E-state index contributed by atoms with van der Waals surface area (Å²) in [5.74, 6) is 0.377. The highest BCUT2D eigenvalue weighted by Crippen LogP contribution is 2.30. The first-order chi connectivity index (χ1) is 17.5. The third-order valence-corrected chi connectivity index (χ3v) is 6.01. The number of aliphatic imine (C=N–C) groups is 1. The Bertz CT molecular complexity index is 1440. The van der Waals surface area contributed by atoms with E-state index in [-0.39, 0.29) is 23.3 Å². The van der Waals surface area contributed by atoms with E-state index in [4.69, 9.17) is 5.73 Å². The van der Waals surface area contributed by atoms with Crippen LogP contribution in [0.4, 0.5) is 27.7 Å². The second-order valence-corrected chi connectivity index (χ2v) is 8.61. The molecule has 8 nitrogen and oxygen atoms in total. The highest BCUT2D eigenvalue weighted by Gasteiger charge is 2.32. The Morgan fingerprint density at radius 1 is 0.917 bits per heavy atom. The van der Waals surface area contributed by atoms with Gasteiger partial charge in [-0.15, -0.1) is 0 Å². The summed E-state index contributed by atoms with van der Waals surface area (Å²) in [5.41, 5.74) is 8.34. The van der Waals surface area contributed by atoms with E-state index in [1.54, 1.807) is 6.08 Å². The van der Waals surface area contributed by atoms with Crippen molar-refractivity contribution in [3.05, 3.63) is 108 Å². The van der Waals surface area contributed by atoms with Crippen molar-refractivity contribution >= 4 is 52.2 Å². The van der Waals surface area contributed by atoms with Crippen molar-refractivity contribution in [1.29, 1.82) is 0 Å². The fraction of sp³-hybridized carbons (Fsp3) is 0.0385. The second-order valence-electron chi connectivity index (χ2n) is 7.66. The summed E-state index contributed by atoms with van der Waals surface area (Å²) in [5, 5.41) is 3.53. The number of thioether (sulfide) groups is 1. The molecule has 0 saturated carbocycles. The molecule has 36 heavy (non-hydrogen) atoms. The minimum absolute atomic E-state index is 0.0727. The zero-order chi connectivity index (χ0) is 24.9. The van der Waals surface area contributed by atoms with E-state index in [1.165, 1.54) is 40.9 Å². The van der Waals surface area contributed by atoms with Gasteiger partial charge in [0, 0.05) is 5.69 Å². The second kappa shape index (κ2) is 10.4. The number of benzene rings is 3. The average molecular weight is 498 g/mol. The molecule has 1 aromatic heterocycles. The van der Waals surface area contributed by atoms with Crippen molar-refractivity contribution in [3.8, 4) is 0 Å². The normalized spacial score (nSPS) is 14.2.